The maximum Gasteiger partial charge on any atom is 0.144 e. The van der Waals surface area contributed by atoms with Crippen molar-refractivity contribution in [2.75, 3.05) is 11.9 Å². The fourth-order valence-electron chi connectivity index (χ4n) is 1.45. The molecule has 4 nitrogen and oxygen atoms in total. The lowest BCUT2D eigenvalue weighted by atomic mass is 10.3. The average Bonchev–Trinajstić information content (AvgIpc) is 2.68. The number of hydrogen-bond donors (Lipinski definition) is 1. The summed E-state index contributed by atoms with van der Waals surface area (Å²) in [5, 5.41) is 8.09. The normalized spacial score (nSPS) is 10.5. The number of aromatic nitrogens is 3. The van der Waals surface area contributed by atoms with Crippen molar-refractivity contribution < 1.29 is 0 Å². The van der Waals surface area contributed by atoms with Crippen molar-refractivity contribution in [1.29, 1.82) is 0 Å². The highest BCUT2D eigenvalue weighted by Crippen LogP contribution is 2.22. The topological polar surface area (TPSA) is 42.7 Å². The second-order valence-electron chi connectivity index (χ2n) is 3.64. The van der Waals surface area contributed by atoms with Crippen LogP contribution in [0.3, 0.4) is 0 Å². The number of rotatable bonds is 4. The minimum atomic E-state index is 0.611. The Morgan fingerprint density at radius 3 is 3.00 bits per heavy atom. The smallest absolute Gasteiger partial charge is 0.144 e. The van der Waals surface area contributed by atoms with Gasteiger partial charge in [-0.3, -0.25) is 4.68 Å². The first kappa shape index (κ1) is 12.4. The van der Waals surface area contributed by atoms with Crippen LogP contribution in [0.15, 0.2) is 29.0 Å². The van der Waals surface area contributed by atoms with Gasteiger partial charge in [0.2, 0.25) is 0 Å². The number of aryl methyl sites for hydroxylation is 1. The van der Waals surface area contributed by atoms with Gasteiger partial charge in [0.05, 0.1) is 10.7 Å². The highest BCUT2D eigenvalue weighted by Gasteiger charge is 2.02. The summed E-state index contributed by atoms with van der Waals surface area (Å²) in [5.74, 6) is 0.700. The van der Waals surface area contributed by atoms with Crippen LogP contribution in [-0.2, 0) is 13.5 Å². The second-order valence-corrected chi connectivity index (χ2v) is 4.96. The van der Waals surface area contributed by atoms with Gasteiger partial charge in [-0.1, -0.05) is 11.6 Å². The van der Waals surface area contributed by atoms with E-state index in [2.05, 4.69) is 31.3 Å². The van der Waals surface area contributed by atoms with Crippen molar-refractivity contribution in [2.24, 2.45) is 7.05 Å². The Morgan fingerprint density at radius 1 is 1.53 bits per heavy atom. The van der Waals surface area contributed by atoms with Crippen LogP contribution in [0.25, 0.3) is 0 Å². The third-order valence-electron chi connectivity index (χ3n) is 2.25. The first-order chi connectivity index (χ1) is 8.15. The van der Waals surface area contributed by atoms with Gasteiger partial charge in [-0.2, -0.15) is 5.10 Å². The van der Waals surface area contributed by atoms with Gasteiger partial charge in [-0.15, -0.1) is 0 Å². The Hall–Kier alpha value is -1.07. The molecular weight excluding hydrogens is 304 g/mol. The lowest BCUT2D eigenvalue weighted by Gasteiger charge is -2.06. The molecule has 0 amide bonds. The molecule has 2 rings (SSSR count). The molecule has 0 fully saturated rings. The molecule has 2 aromatic heterocycles. The molecule has 0 spiro atoms. The summed E-state index contributed by atoms with van der Waals surface area (Å²) < 4.78 is 2.66. The second kappa shape index (κ2) is 5.51. The van der Waals surface area contributed by atoms with Crippen LogP contribution in [-0.4, -0.2) is 21.3 Å². The van der Waals surface area contributed by atoms with Crippen LogP contribution in [0.1, 0.15) is 5.69 Å². The summed E-state index contributed by atoms with van der Waals surface area (Å²) in [6.45, 7) is 0.755. The fourth-order valence-corrected chi connectivity index (χ4v) is 2.15. The van der Waals surface area contributed by atoms with Crippen LogP contribution in [0.5, 0.6) is 0 Å². The maximum absolute atomic E-state index is 6.04. The van der Waals surface area contributed by atoms with E-state index >= 15 is 0 Å². The Bertz CT molecular complexity index is 512. The molecule has 17 heavy (non-hydrogen) atoms. The Morgan fingerprint density at radius 2 is 2.35 bits per heavy atom. The van der Waals surface area contributed by atoms with Crippen molar-refractivity contribution in [3.8, 4) is 0 Å². The van der Waals surface area contributed by atoms with E-state index in [-0.39, 0.29) is 0 Å². The van der Waals surface area contributed by atoms with E-state index in [9.17, 15) is 0 Å². The van der Waals surface area contributed by atoms with Gasteiger partial charge >= 0.3 is 0 Å². The van der Waals surface area contributed by atoms with Crippen molar-refractivity contribution in [2.45, 2.75) is 6.42 Å². The van der Waals surface area contributed by atoms with Crippen molar-refractivity contribution >= 4 is 33.3 Å². The summed E-state index contributed by atoms with van der Waals surface area (Å²) in [6.07, 6.45) is 4.49. The Labute approximate surface area is 113 Å². The van der Waals surface area contributed by atoms with Gasteiger partial charge in [-0.25, -0.2) is 4.98 Å². The van der Waals surface area contributed by atoms with Crippen LogP contribution in [0, 0.1) is 0 Å². The first-order valence-corrected chi connectivity index (χ1v) is 6.35. The molecule has 0 unspecified atom stereocenters. The molecule has 0 saturated heterocycles. The first-order valence-electron chi connectivity index (χ1n) is 5.18. The summed E-state index contributed by atoms with van der Waals surface area (Å²) in [7, 11) is 1.91. The summed E-state index contributed by atoms with van der Waals surface area (Å²) in [4.78, 5) is 4.20. The lowest BCUT2D eigenvalue weighted by molar-refractivity contribution is 0.742. The molecule has 0 atom stereocenters. The summed E-state index contributed by atoms with van der Waals surface area (Å²) >= 11 is 9.36. The van der Waals surface area contributed by atoms with Crippen LogP contribution in [0.2, 0.25) is 5.02 Å². The monoisotopic (exact) mass is 314 g/mol. The van der Waals surface area contributed by atoms with E-state index in [1.54, 1.807) is 10.9 Å². The van der Waals surface area contributed by atoms with Crippen molar-refractivity contribution in [3.63, 3.8) is 0 Å². The Kier molecular flexibility index (Phi) is 4.02. The molecule has 0 bridgehead atoms. The predicted molar refractivity (Wildman–Crippen MR) is 72.3 cm³/mol. The fraction of sp³-hybridized carbons (Fsp3) is 0.273. The number of pyridine rings is 1. The molecular formula is C11H12BrClN4. The standard InChI is InChI=1S/C11H12BrClN4/c1-17-5-3-9(16-17)2-4-14-11-10(13)6-8(12)7-15-11/h3,5-7H,2,4H2,1H3,(H,14,15). The summed E-state index contributed by atoms with van der Waals surface area (Å²) in [6, 6.07) is 3.82. The Balaban J connectivity index is 1.90. The van der Waals surface area contributed by atoms with E-state index in [0.717, 1.165) is 23.1 Å². The number of anilines is 1. The van der Waals surface area contributed by atoms with Crippen molar-refractivity contribution in [1.82, 2.24) is 14.8 Å². The zero-order valence-corrected chi connectivity index (χ0v) is 11.7. The predicted octanol–water partition coefficient (Wildman–Crippen LogP) is 2.89. The third-order valence-corrected chi connectivity index (χ3v) is 2.97. The van der Waals surface area contributed by atoms with Gasteiger partial charge in [0.15, 0.2) is 0 Å². The van der Waals surface area contributed by atoms with E-state index in [4.69, 9.17) is 11.6 Å². The highest BCUT2D eigenvalue weighted by molar-refractivity contribution is 9.10. The molecule has 0 aliphatic heterocycles. The maximum atomic E-state index is 6.04. The lowest BCUT2D eigenvalue weighted by Crippen LogP contribution is -2.07. The SMILES string of the molecule is Cn1ccc(CCNc2ncc(Br)cc2Cl)n1. The van der Waals surface area contributed by atoms with Crippen LogP contribution < -0.4 is 5.32 Å². The molecule has 1 N–H and O–H groups in total. The van der Waals surface area contributed by atoms with Gasteiger partial charge < -0.3 is 5.32 Å². The minimum Gasteiger partial charge on any atom is -0.368 e. The molecule has 0 saturated carbocycles. The average molecular weight is 316 g/mol. The molecule has 2 aromatic rings. The molecule has 0 radical (unpaired) electrons. The number of hydrogen-bond acceptors (Lipinski definition) is 3. The molecule has 2 heterocycles. The quantitative estimate of drug-likeness (QED) is 0.943. The van der Waals surface area contributed by atoms with E-state index in [0.29, 0.717) is 10.8 Å². The van der Waals surface area contributed by atoms with Gasteiger partial charge in [-0.05, 0) is 28.1 Å². The van der Waals surface area contributed by atoms with Gasteiger partial charge in [0.1, 0.15) is 5.82 Å². The van der Waals surface area contributed by atoms with Crippen LogP contribution in [0.4, 0.5) is 5.82 Å². The molecule has 0 aliphatic carbocycles. The number of nitrogens with zero attached hydrogens (tertiary/aromatic N) is 3. The van der Waals surface area contributed by atoms with E-state index in [1.807, 2.05) is 25.4 Å². The number of halogens is 2. The van der Waals surface area contributed by atoms with Gasteiger partial charge in [0.25, 0.3) is 0 Å². The van der Waals surface area contributed by atoms with Crippen molar-refractivity contribution in [3.05, 3.63) is 39.7 Å². The third kappa shape index (κ3) is 3.44. The van der Waals surface area contributed by atoms with E-state index in [1.165, 1.54) is 0 Å². The largest absolute Gasteiger partial charge is 0.368 e. The van der Waals surface area contributed by atoms with Gasteiger partial charge in [0, 0.05) is 36.9 Å². The molecule has 0 aliphatic rings. The minimum absolute atomic E-state index is 0.611. The van der Waals surface area contributed by atoms with Crippen LogP contribution >= 0.6 is 27.5 Å². The zero-order chi connectivity index (χ0) is 12.3. The number of nitrogens with one attached hydrogen (secondary N) is 1. The summed E-state index contributed by atoms with van der Waals surface area (Å²) in [5.41, 5.74) is 1.05. The zero-order valence-electron chi connectivity index (χ0n) is 9.32. The molecule has 6 heteroatoms. The molecule has 90 valence electrons. The van der Waals surface area contributed by atoms with E-state index < -0.39 is 0 Å². The molecule has 0 aromatic carbocycles. The highest BCUT2D eigenvalue weighted by atomic mass is 79.9.